The molecule has 2 atom stereocenters. The van der Waals surface area contributed by atoms with Crippen LogP contribution in [0, 0.1) is 0 Å². The molecule has 0 bridgehead atoms. The van der Waals surface area contributed by atoms with Gasteiger partial charge in [0.25, 0.3) is 0 Å². The van der Waals surface area contributed by atoms with Gasteiger partial charge in [-0.2, -0.15) is 13.2 Å². The van der Waals surface area contributed by atoms with Crippen molar-refractivity contribution in [3.63, 3.8) is 0 Å². The van der Waals surface area contributed by atoms with E-state index in [2.05, 4.69) is 15.3 Å². The van der Waals surface area contributed by atoms with Crippen molar-refractivity contribution in [3.05, 3.63) is 47.5 Å². The molecule has 1 saturated heterocycles. The predicted molar refractivity (Wildman–Crippen MR) is 119 cm³/mol. The largest absolute Gasteiger partial charge is 0.451 e. The van der Waals surface area contributed by atoms with E-state index in [1.165, 1.54) is 18.2 Å². The van der Waals surface area contributed by atoms with Gasteiger partial charge in [0, 0.05) is 36.6 Å². The molecule has 0 radical (unpaired) electrons. The number of rotatable bonds is 5. The number of amides is 3. The molecule has 1 aromatic heterocycles. The number of hydrogen-bond donors (Lipinski definition) is 2. The zero-order valence-electron chi connectivity index (χ0n) is 19.7. The molecule has 3 rings (SSSR count). The maximum Gasteiger partial charge on any atom is 0.451 e. The topological polar surface area (TPSA) is 128 Å². The fraction of sp³-hybridized carbons (Fsp3) is 0.435. The lowest BCUT2D eigenvalue weighted by atomic mass is 10.00. The Labute approximate surface area is 204 Å². The molecule has 9 nitrogen and oxygen atoms in total. The average molecular weight is 511 g/mol. The Balaban J connectivity index is 1.80. The molecule has 2 aromatic rings. The number of halogens is 4. The van der Waals surface area contributed by atoms with Gasteiger partial charge in [0.05, 0.1) is 0 Å². The number of carbonyl (C=O) groups excluding carboxylic acids is 3. The lowest BCUT2D eigenvalue weighted by Gasteiger charge is -2.28. The lowest BCUT2D eigenvalue weighted by Crippen LogP contribution is -2.50. The molecule has 2 unspecified atom stereocenters. The molecule has 3 N–H and O–H groups in total. The maximum absolute atomic E-state index is 14.5. The Morgan fingerprint density at radius 1 is 1.14 bits per heavy atom. The van der Waals surface area contributed by atoms with Gasteiger partial charge in [-0.05, 0) is 50.5 Å². The van der Waals surface area contributed by atoms with Gasteiger partial charge >= 0.3 is 12.3 Å². The summed E-state index contributed by atoms with van der Waals surface area (Å²) in [5.41, 5.74) is 5.42. The Hall–Kier alpha value is -3.77. The van der Waals surface area contributed by atoms with Gasteiger partial charge in [-0.3, -0.25) is 14.5 Å². The second-order valence-electron chi connectivity index (χ2n) is 9.17. The Morgan fingerprint density at radius 3 is 2.33 bits per heavy atom. The molecule has 0 saturated carbocycles. The summed E-state index contributed by atoms with van der Waals surface area (Å²) in [7, 11) is 0. The number of nitrogens with zero attached hydrogens (tertiary/aromatic N) is 3. The zero-order chi connectivity index (χ0) is 26.8. The molecule has 1 fully saturated rings. The Kier molecular flexibility index (Phi) is 7.51. The molecule has 194 valence electrons. The molecule has 3 amide bonds. The van der Waals surface area contributed by atoms with Gasteiger partial charge in [0.2, 0.25) is 17.6 Å². The van der Waals surface area contributed by atoms with Crippen LogP contribution in [0.4, 0.5) is 22.4 Å². The minimum Gasteiger partial charge on any atom is -0.444 e. The number of hydrogen-bond acceptors (Lipinski definition) is 6. The van der Waals surface area contributed by atoms with Crippen LogP contribution in [0.5, 0.6) is 0 Å². The highest BCUT2D eigenvalue weighted by atomic mass is 19.4. The van der Waals surface area contributed by atoms with Crippen molar-refractivity contribution in [3.8, 4) is 11.1 Å². The molecule has 2 heterocycles. The van der Waals surface area contributed by atoms with Gasteiger partial charge in [-0.25, -0.2) is 19.2 Å². The summed E-state index contributed by atoms with van der Waals surface area (Å²) in [5.74, 6) is -2.92. The van der Waals surface area contributed by atoms with Crippen LogP contribution in [0.25, 0.3) is 11.1 Å². The second-order valence-corrected chi connectivity index (χ2v) is 9.17. The highest BCUT2D eigenvalue weighted by molar-refractivity contribution is 5.95. The van der Waals surface area contributed by atoms with Crippen LogP contribution in [0.2, 0.25) is 0 Å². The molecule has 1 aliphatic heterocycles. The highest BCUT2D eigenvalue weighted by Gasteiger charge is 2.44. The fourth-order valence-electron chi connectivity index (χ4n) is 3.66. The Bertz CT molecular complexity index is 1150. The summed E-state index contributed by atoms with van der Waals surface area (Å²) in [6.07, 6.45) is -5.25. The number of aromatic nitrogens is 2. The van der Waals surface area contributed by atoms with Crippen molar-refractivity contribution in [2.24, 2.45) is 5.73 Å². The van der Waals surface area contributed by atoms with Gasteiger partial charge < -0.3 is 15.8 Å². The number of carbonyl (C=O) groups is 3. The van der Waals surface area contributed by atoms with Crippen LogP contribution in [-0.4, -0.2) is 57.1 Å². The lowest BCUT2D eigenvalue weighted by molar-refractivity contribution is -0.145. The monoisotopic (exact) mass is 511 g/mol. The van der Waals surface area contributed by atoms with Crippen molar-refractivity contribution in [1.82, 2.24) is 20.2 Å². The number of likely N-dealkylation sites (tertiary alicyclic amines) is 1. The van der Waals surface area contributed by atoms with Crippen molar-refractivity contribution in [1.29, 1.82) is 0 Å². The van der Waals surface area contributed by atoms with E-state index in [1.807, 2.05) is 0 Å². The molecular weight excluding hydrogens is 486 g/mol. The molecule has 1 aromatic carbocycles. The average Bonchev–Trinajstić information content (AvgIpc) is 3.17. The molecule has 1 aliphatic rings. The minimum atomic E-state index is -4.70. The SMILES string of the molecule is CC(C)(C)OC(=O)N1CCC(F)C1C(=O)NCc1cc(-c2cnc(C(F)(F)F)nc2)ccc1C(N)=O. The molecule has 36 heavy (non-hydrogen) atoms. The van der Waals surface area contributed by atoms with E-state index in [-0.39, 0.29) is 36.2 Å². The summed E-state index contributed by atoms with van der Waals surface area (Å²) in [4.78, 5) is 44.8. The summed E-state index contributed by atoms with van der Waals surface area (Å²) < 4.78 is 58.0. The molecule has 0 spiro atoms. The van der Waals surface area contributed by atoms with E-state index in [0.717, 1.165) is 17.3 Å². The van der Waals surface area contributed by atoms with Crippen molar-refractivity contribution in [2.45, 2.75) is 57.7 Å². The maximum atomic E-state index is 14.5. The van der Waals surface area contributed by atoms with Crippen LogP contribution in [0.15, 0.2) is 30.6 Å². The number of nitrogens with two attached hydrogens (primary N) is 1. The van der Waals surface area contributed by atoms with Crippen molar-refractivity contribution >= 4 is 17.9 Å². The number of primary amides is 1. The van der Waals surface area contributed by atoms with Gasteiger partial charge in [0.15, 0.2) is 0 Å². The molecule has 13 heteroatoms. The van der Waals surface area contributed by atoms with Gasteiger partial charge in [-0.1, -0.05) is 6.07 Å². The first kappa shape index (κ1) is 26.8. The number of alkyl halides is 4. The van der Waals surface area contributed by atoms with Gasteiger partial charge in [-0.15, -0.1) is 0 Å². The number of benzene rings is 1. The third kappa shape index (κ3) is 6.26. The Morgan fingerprint density at radius 2 is 1.78 bits per heavy atom. The third-order valence-electron chi connectivity index (χ3n) is 5.28. The van der Waals surface area contributed by atoms with E-state index in [1.54, 1.807) is 20.8 Å². The summed E-state index contributed by atoms with van der Waals surface area (Å²) in [6, 6.07) is 2.79. The summed E-state index contributed by atoms with van der Waals surface area (Å²) in [6.45, 7) is 4.65. The van der Waals surface area contributed by atoms with E-state index in [0.29, 0.717) is 5.56 Å². The normalized spacial score (nSPS) is 18.1. The van der Waals surface area contributed by atoms with Crippen LogP contribution >= 0.6 is 0 Å². The fourth-order valence-corrected chi connectivity index (χ4v) is 3.66. The van der Waals surface area contributed by atoms with E-state index in [9.17, 15) is 31.9 Å². The van der Waals surface area contributed by atoms with Crippen LogP contribution in [-0.2, 0) is 22.3 Å². The van der Waals surface area contributed by atoms with Crippen LogP contribution in [0.3, 0.4) is 0 Å². The molecular formula is C23H25F4N5O4. The highest BCUT2D eigenvalue weighted by Crippen LogP contribution is 2.28. The molecule has 0 aliphatic carbocycles. The first-order chi connectivity index (χ1) is 16.7. The van der Waals surface area contributed by atoms with Crippen LogP contribution in [0.1, 0.15) is 48.9 Å². The van der Waals surface area contributed by atoms with Crippen molar-refractivity contribution < 1.29 is 36.7 Å². The third-order valence-corrected chi connectivity index (χ3v) is 5.28. The zero-order valence-corrected chi connectivity index (χ0v) is 19.7. The summed E-state index contributed by atoms with van der Waals surface area (Å²) >= 11 is 0. The predicted octanol–water partition coefficient (Wildman–Crippen LogP) is 3.23. The van der Waals surface area contributed by atoms with E-state index < -0.39 is 47.7 Å². The smallest absolute Gasteiger partial charge is 0.444 e. The minimum absolute atomic E-state index is 0.00981. The second kappa shape index (κ2) is 10.1. The van der Waals surface area contributed by atoms with Gasteiger partial charge in [0.1, 0.15) is 17.8 Å². The standard InChI is InChI=1S/C23H25F4N5O4/c1-22(2,3)36-21(35)32-7-6-16(24)17(32)19(34)29-9-13-8-12(4-5-15(13)18(28)33)14-10-30-20(31-11-14)23(25,26)27/h4-5,8,10-11,16-17H,6-7,9H2,1-3H3,(H2,28,33)(H,29,34). The van der Waals surface area contributed by atoms with Crippen molar-refractivity contribution in [2.75, 3.05) is 6.54 Å². The first-order valence-corrected chi connectivity index (χ1v) is 10.9. The first-order valence-electron chi connectivity index (χ1n) is 10.9. The van der Waals surface area contributed by atoms with E-state index in [4.69, 9.17) is 10.5 Å². The summed E-state index contributed by atoms with van der Waals surface area (Å²) in [5, 5.41) is 2.51. The quantitative estimate of drug-likeness (QED) is 0.594. The number of nitrogens with one attached hydrogen (secondary N) is 1. The number of ether oxygens (including phenoxy) is 1. The van der Waals surface area contributed by atoms with E-state index >= 15 is 0 Å². The van der Waals surface area contributed by atoms with Crippen LogP contribution < -0.4 is 11.1 Å².